The molecule has 3 fully saturated rings. The number of unbranched alkanes of at least 4 members (excludes halogenated alkanes) is 2. The fraction of sp³-hybridized carbons (Fsp3) is 0.962. The summed E-state index contributed by atoms with van der Waals surface area (Å²) in [4.78, 5) is 12.9. The second-order valence-electron chi connectivity index (χ2n) is 10.7. The van der Waals surface area contributed by atoms with Gasteiger partial charge in [-0.2, -0.15) is 0 Å². The molecule has 2 aliphatic carbocycles. The van der Waals surface area contributed by atoms with Crippen molar-refractivity contribution in [3.05, 3.63) is 0 Å². The normalized spacial score (nSPS) is 37.6. The first-order valence-corrected chi connectivity index (χ1v) is 13.0. The molecule has 0 amide bonds. The number of carbonyl (C=O) groups excluding carboxylic acids is 1. The molecule has 0 radical (unpaired) electrons. The molecule has 2 saturated carbocycles. The molecule has 4 heteroatoms. The lowest BCUT2D eigenvalue weighted by Crippen LogP contribution is -2.49. The summed E-state index contributed by atoms with van der Waals surface area (Å²) < 4.78 is 18.1. The zero-order valence-corrected chi connectivity index (χ0v) is 19.8. The van der Waals surface area contributed by atoms with Gasteiger partial charge in [-0.3, -0.25) is 4.79 Å². The number of hydrogen-bond acceptors (Lipinski definition) is 4. The van der Waals surface area contributed by atoms with Gasteiger partial charge in [0.25, 0.3) is 0 Å². The smallest absolute Gasteiger partial charge is 0.316 e. The van der Waals surface area contributed by atoms with Crippen LogP contribution in [0.15, 0.2) is 0 Å². The van der Waals surface area contributed by atoms with E-state index in [1.54, 1.807) is 0 Å². The molecule has 0 unspecified atom stereocenters. The monoisotopic (exact) mass is 422 g/mol. The number of carbonyl (C=O) groups is 1. The molecule has 4 nitrogen and oxygen atoms in total. The van der Waals surface area contributed by atoms with Crippen LogP contribution in [-0.2, 0) is 19.0 Å². The number of ether oxygens (including phenoxy) is 3. The maximum Gasteiger partial charge on any atom is 0.316 e. The Morgan fingerprint density at radius 2 is 1.43 bits per heavy atom. The van der Waals surface area contributed by atoms with Crippen molar-refractivity contribution in [1.29, 1.82) is 0 Å². The SMILES string of the molecule is CCCCCC1CCC(C2OCC(C)(C(=O)OC3CCC(CCC)CC3)CO2)CC1. The van der Waals surface area contributed by atoms with Crippen LogP contribution in [0.5, 0.6) is 0 Å². The van der Waals surface area contributed by atoms with Crippen LogP contribution in [0.3, 0.4) is 0 Å². The van der Waals surface area contributed by atoms with Gasteiger partial charge in [-0.15, -0.1) is 0 Å². The van der Waals surface area contributed by atoms with E-state index in [0.29, 0.717) is 19.1 Å². The van der Waals surface area contributed by atoms with Gasteiger partial charge in [-0.1, -0.05) is 52.4 Å². The quantitative estimate of drug-likeness (QED) is 0.308. The molecule has 0 N–H and O–H groups in total. The van der Waals surface area contributed by atoms with Crippen molar-refractivity contribution in [3.8, 4) is 0 Å². The summed E-state index contributed by atoms with van der Waals surface area (Å²) in [6, 6.07) is 0. The van der Waals surface area contributed by atoms with E-state index in [9.17, 15) is 4.79 Å². The summed E-state index contributed by atoms with van der Waals surface area (Å²) in [5.74, 6) is 2.08. The molecule has 1 aliphatic heterocycles. The molecule has 174 valence electrons. The van der Waals surface area contributed by atoms with Gasteiger partial charge in [0.2, 0.25) is 0 Å². The summed E-state index contributed by atoms with van der Waals surface area (Å²) in [6.45, 7) is 7.33. The Bertz CT molecular complexity index is 495. The Hall–Kier alpha value is -0.610. The lowest BCUT2D eigenvalue weighted by molar-refractivity contribution is -0.254. The summed E-state index contributed by atoms with van der Waals surface area (Å²) in [5, 5.41) is 0. The highest BCUT2D eigenvalue weighted by Crippen LogP contribution is 2.38. The standard InChI is InChI=1S/C26H46O4/c1-4-6-7-9-21-10-14-22(15-11-21)24-28-18-26(3,19-29-24)25(27)30-23-16-12-20(8-5-2)13-17-23/h20-24H,4-19H2,1-3H3. The maximum absolute atomic E-state index is 12.9. The fourth-order valence-electron chi connectivity index (χ4n) is 5.68. The van der Waals surface area contributed by atoms with E-state index in [1.165, 1.54) is 77.0 Å². The Balaban J connectivity index is 1.36. The van der Waals surface area contributed by atoms with E-state index < -0.39 is 5.41 Å². The first-order chi connectivity index (χ1) is 14.5. The Labute approximate surface area is 184 Å². The van der Waals surface area contributed by atoms with Crippen LogP contribution in [0, 0.1) is 23.2 Å². The van der Waals surface area contributed by atoms with Crippen LogP contribution in [0.4, 0.5) is 0 Å². The van der Waals surface area contributed by atoms with Gasteiger partial charge in [-0.05, 0) is 70.1 Å². The number of hydrogen-bond donors (Lipinski definition) is 0. The van der Waals surface area contributed by atoms with E-state index in [0.717, 1.165) is 24.7 Å². The molecule has 1 heterocycles. The molecule has 0 bridgehead atoms. The zero-order chi connectivity index (χ0) is 21.4. The van der Waals surface area contributed by atoms with Gasteiger partial charge in [0.05, 0.1) is 13.2 Å². The third kappa shape index (κ3) is 6.69. The van der Waals surface area contributed by atoms with Gasteiger partial charge < -0.3 is 14.2 Å². The predicted octanol–water partition coefficient (Wildman–Crippen LogP) is 6.65. The molecule has 1 saturated heterocycles. The van der Waals surface area contributed by atoms with Crippen molar-refractivity contribution in [2.75, 3.05) is 13.2 Å². The summed E-state index contributed by atoms with van der Waals surface area (Å²) in [6.07, 6.45) is 17.4. The minimum absolute atomic E-state index is 0.0862. The molecule has 0 atom stereocenters. The molecule has 30 heavy (non-hydrogen) atoms. The average molecular weight is 423 g/mol. The van der Waals surface area contributed by atoms with Crippen molar-refractivity contribution in [3.63, 3.8) is 0 Å². The van der Waals surface area contributed by atoms with Gasteiger partial charge in [-0.25, -0.2) is 0 Å². The molecule has 0 aromatic heterocycles. The van der Waals surface area contributed by atoms with E-state index in [2.05, 4.69) is 13.8 Å². The third-order valence-corrected chi connectivity index (χ3v) is 7.88. The maximum atomic E-state index is 12.9. The summed E-state index contributed by atoms with van der Waals surface area (Å²) >= 11 is 0. The van der Waals surface area contributed by atoms with Crippen LogP contribution in [0.2, 0.25) is 0 Å². The second kappa shape index (κ2) is 11.9. The lowest BCUT2D eigenvalue weighted by atomic mass is 9.79. The number of rotatable bonds is 9. The fourth-order valence-corrected chi connectivity index (χ4v) is 5.68. The van der Waals surface area contributed by atoms with E-state index in [1.807, 2.05) is 6.92 Å². The summed E-state index contributed by atoms with van der Waals surface area (Å²) in [7, 11) is 0. The highest BCUT2D eigenvalue weighted by atomic mass is 16.7. The minimum atomic E-state index is -0.659. The topological polar surface area (TPSA) is 44.8 Å². The van der Waals surface area contributed by atoms with Crippen LogP contribution < -0.4 is 0 Å². The van der Waals surface area contributed by atoms with Crippen molar-refractivity contribution in [2.45, 2.75) is 123 Å². The first kappa shape index (κ1) is 24.0. The van der Waals surface area contributed by atoms with Gasteiger partial charge in [0.1, 0.15) is 11.5 Å². The predicted molar refractivity (Wildman–Crippen MR) is 120 cm³/mol. The largest absolute Gasteiger partial charge is 0.462 e. The highest BCUT2D eigenvalue weighted by molar-refractivity contribution is 5.77. The Morgan fingerprint density at radius 3 is 2.03 bits per heavy atom. The van der Waals surface area contributed by atoms with Gasteiger partial charge in [0, 0.05) is 5.92 Å². The Kier molecular flexibility index (Phi) is 9.50. The Morgan fingerprint density at radius 1 is 0.833 bits per heavy atom. The highest BCUT2D eigenvalue weighted by Gasteiger charge is 2.44. The molecule has 0 spiro atoms. The van der Waals surface area contributed by atoms with Crippen LogP contribution >= 0.6 is 0 Å². The van der Waals surface area contributed by atoms with Crippen molar-refractivity contribution in [2.24, 2.45) is 23.2 Å². The molecule has 3 aliphatic rings. The van der Waals surface area contributed by atoms with Crippen molar-refractivity contribution >= 4 is 5.97 Å². The molecule has 0 aromatic carbocycles. The third-order valence-electron chi connectivity index (χ3n) is 7.88. The second-order valence-corrected chi connectivity index (χ2v) is 10.7. The number of esters is 1. The zero-order valence-electron chi connectivity index (χ0n) is 19.8. The molecular formula is C26H46O4. The molecule has 3 rings (SSSR count). The first-order valence-electron chi connectivity index (χ1n) is 13.0. The van der Waals surface area contributed by atoms with Gasteiger partial charge >= 0.3 is 5.97 Å². The van der Waals surface area contributed by atoms with Gasteiger partial charge in [0.15, 0.2) is 6.29 Å². The van der Waals surface area contributed by atoms with E-state index >= 15 is 0 Å². The lowest BCUT2D eigenvalue weighted by Gasteiger charge is -2.41. The van der Waals surface area contributed by atoms with Crippen molar-refractivity contribution < 1.29 is 19.0 Å². The van der Waals surface area contributed by atoms with E-state index in [-0.39, 0.29) is 18.4 Å². The van der Waals surface area contributed by atoms with Crippen LogP contribution in [0.1, 0.15) is 111 Å². The summed E-state index contributed by atoms with van der Waals surface area (Å²) in [5.41, 5.74) is -0.659. The molecular weight excluding hydrogens is 376 g/mol. The van der Waals surface area contributed by atoms with E-state index in [4.69, 9.17) is 14.2 Å². The average Bonchev–Trinajstić information content (AvgIpc) is 2.77. The molecule has 0 aromatic rings. The minimum Gasteiger partial charge on any atom is -0.462 e. The van der Waals surface area contributed by atoms with Crippen molar-refractivity contribution in [1.82, 2.24) is 0 Å². The van der Waals surface area contributed by atoms with Crippen LogP contribution in [-0.4, -0.2) is 31.6 Å². The van der Waals surface area contributed by atoms with Crippen LogP contribution in [0.25, 0.3) is 0 Å².